The molecule has 0 aliphatic heterocycles. The van der Waals surface area contributed by atoms with E-state index in [1.165, 1.54) is 12.1 Å². The van der Waals surface area contributed by atoms with Gasteiger partial charge >= 0.3 is 0 Å². The highest BCUT2D eigenvalue weighted by Gasteiger charge is 2.34. The Hall–Kier alpha value is -2.50. The molecule has 1 aliphatic rings. The highest BCUT2D eigenvalue weighted by Crippen LogP contribution is 2.29. The summed E-state index contributed by atoms with van der Waals surface area (Å²) in [5.74, 6) is -0.724. The van der Waals surface area contributed by atoms with E-state index in [1.54, 1.807) is 30.0 Å². The molecule has 5 nitrogen and oxygen atoms in total. The predicted octanol–water partition coefficient (Wildman–Crippen LogP) is 2.02. The number of aromatic nitrogens is 2. The zero-order valence-corrected chi connectivity index (χ0v) is 12.2. The molecule has 1 N–H and O–H groups in total. The van der Waals surface area contributed by atoms with E-state index in [0.717, 1.165) is 12.8 Å². The molecule has 1 fully saturated rings. The van der Waals surface area contributed by atoms with Crippen molar-refractivity contribution < 1.29 is 9.18 Å². The second-order valence-electron chi connectivity index (χ2n) is 5.51. The minimum Gasteiger partial charge on any atom is -0.331 e. The maximum atomic E-state index is 13.8. The van der Waals surface area contributed by atoms with Crippen molar-refractivity contribution in [3.8, 4) is 0 Å². The number of hydrogen-bond acceptors (Lipinski definition) is 3. The van der Waals surface area contributed by atoms with Gasteiger partial charge in [0.05, 0.1) is 5.69 Å². The number of benzene rings is 1. The van der Waals surface area contributed by atoms with E-state index in [0.29, 0.717) is 11.3 Å². The third-order valence-electron chi connectivity index (χ3n) is 3.71. The number of H-pyrrole nitrogens is 1. The lowest BCUT2D eigenvalue weighted by Gasteiger charge is -2.22. The number of rotatable bonds is 4. The van der Waals surface area contributed by atoms with Crippen molar-refractivity contribution >= 4 is 5.91 Å². The van der Waals surface area contributed by atoms with Crippen LogP contribution in [0.25, 0.3) is 0 Å². The molecule has 0 radical (unpaired) electrons. The molecular weight excluding hydrogens is 285 g/mol. The largest absolute Gasteiger partial charge is 0.331 e. The van der Waals surface area contributed by atoms with Gasteiger partial charge in [0.15, 0.2) is 0 Å². The Kier molecular flexibility index (Phi) is 3.75. The van der Waals surface area contributed by atoms with Crippen molar-refractivity contribution in [3.63, 3.8) is 0 Å². The molecule has 1 aromatic heterocycles. The first-order valence-corrected chi connectivity index (χ1v) is 7.17. The molecule has 6 heteroatoms. The molecule has 0 bridgehead atoms. The zero-order valence-electron chi connectivity index (χ0n) is 12.2. The fraction of sp³-hybridized carbons (Fsp3) is 0.312. The number of aryl methyl sites for hydroxylation is 1. The Morgan fingerprint density at radius 1 is 1.41 bits per heavy atom. The molecule has 0 saturated heterocycles. The average molecular weight is 301 g/mol. The second kappa shape index (κ2) is 5.71. The number of aromatic amines is 1. The summed E-state index contributed by atoms with van der Waals surface area (Å²) < 4.78 is 13.8. The molecule has 0 unspecified atom stereocenters. The number of carbonyl (C=O) groups excluding carboxylic acids is 1. The summed E-state index contributed by atoms with van der Waals surface area (Å²) in [5, 5.41) is 6.08. The fourth-order valence-electron chi connectivity index (χ4n) is 2.38. The molecule has 22 heavy (non-hydrogen) atoms. The number of nitrogens with zero attached hydrogens (tertiary/aromatic N) is 2. The van der Waals surface area contributed by atoms with Crippen LogP contribution in [0.2, 0.25) is 0 Å². The molecule has 1 aromatic carbocycles. The first-order valence-electron chi connectivity index (χ1n) is 7.17. The van der Waals surface area contributed by atoms with Gasteiger partial charge in [-0.25, -0.2) is 9.49 Å². The van der Waals surface area contributed by atoms with Crippen LogP contribution in [0.3, 0.4) is 0 Å². The van der Waals surface area contributed by atoms with Gasteiger partial charge in [0.2, 0.25) is 0 Å². The maximum Gasteiger partial charge on any atom is 0.277 e. The topological polar surface area (TPSA) is 66.1 Å². The quantitative estimate of drug-likeness (QED) is 0.939. The summed E-state index contributed by atoms with van der Waals surface area (Å²) in [6.45, 7) is 1.86. The second-order valence-corrected chi connectivity index (χ2v) is 5.51. The van der Waals surface area contributed by atoms with Crippen molar-refractivity contribution in [2.75, 3.05) is 0 Å². The third-order valence-corrected chi connectivity index (χ3v) is 3.71. The smallest absolute Gasteiger partial charge is 0.277 e. The molecule has 1 aliphatic carbocycles. The molecule has 1 amide bonds. The van der Waals surface area contributed by atoms with E-state index in [-0.39, 0.29) is 29.9 Å². The van der Waals surface area contributed by atoms with E-state index >= 15 is 0 Å². The van der Waals surface area contributed by atoms with Gasteiger partial charge in [-0.2, -0.15) is 5.10 Å². The van der Waals surface area contributed by atoms with Crippen LogP contribution in [0.5, 0.6) is 0 Å². The van der Waals surface area contributed by atoms with Crippen LogP contribution < -0.4 is 5.56 Å². The van der Waals surface area contributed by atoms with Gasteiger partial charge in [0.25, 0.3) is 11.5 Å². The van der Waals surface area contributed by atoms with E-state index < -0.39 is 5.56 Å². The van der Waals surface area contributed by atoms with Crippen molar-refractivity contribution in [1.82, 2.24) is 15.1 Å². The number of nitrogens with one attached hydrogen (secondary N) is 1. The van der Waals surface area contributed by atoms with Gasteiger partial charge in [-0.1, -0.05) is 18.2 Å². The van der Waals surface area contributed by atoms with Gasteiger partial charge in [0, 0.05) is 18.2 Å². The Morgan fingerprint density at radius 2 is 2.14 bits per heavy atom. The van der Waals surface area contributed by atoms with Crippen molar-refractivity contribution in [2.24, 2.45) is 0 Å². The normalized spacial score (nSPS) is 13.9. The minimum absolute atomic E-state index is 0.0516. The zero-order chi connectivity index (χ0) is 15.7. The summed E-state index contributed by atoms with van der Waals surface area (Å²) in [5.41, 5.74) is 0.542. The molecular formula is C16H16FN3O2. The first kappa shape index (κ1) is 14.4. The van der Waals surface area contributed by atoms with Crippen molar-refractivity contribution in [2.45, 2.75) is 32.4 Å². The SMILES string of the molecule is Cc1cc(C(=O)N(Cc2ccccc2F)C2CC2)c(=O)[nH]n1. The lowest BCUT2D eigenvalue weighted by Crippen LogP contribution is -2.36. The Morgan fingerprint density at radius 3 is 2.82 bits per heavy atom. The maximum absolute atomic E-state index is 13.8. The molecule has 1 saturated carbocycles. The summed E-state index contributed by atoms with van der Waals surface area (Å²) >= 11 is 0. The van der Waals surface area contributed by atoms with Gasteiger partial charge in [-0.05, 0) is 31.9 Å². The number of amides is 1. The summed E-state index contributed by atoms with van der Waals surface area (Å²) in [4.78, 5) is 26.1. The average Bonchev–Trinajstić information content (AvgIpc) is 3.33. The van der Waals surface area contributed by atoms with Crippen LogP contribution in [0.15, 0.2) is 35.1 Å². The number of halogens is 1. The van der Waals surface area contributed by atoms with Crippen LogP contribution in [-0.2, 0) is 6.54 Å². The lowest BCUT2D eigenvalue weighted by atomic mass is 10.1. The fourth-order valence-corrected chi connectivity index (χ4v) is 2.38. The first-order chi connectivity index (χ1) is 10.6. The number of hydrogen-bond donors (Lipinski definition) is 1. The molecule has 0 atom stereocenters. The van der Waals surface area contributed by atoms with Crippen molar-refractivity contribution in [3.05, 3.63) is 63.3 Å². The van der Waals surface area contributed by atoms with E-state index in [9.17, 15) is 14.0 Å². The van der Waals surface area contributed by atoms with Crippen LogP contribution in [-0.4, -0.2) is 27.0 Å². The van der Waals surface area contributed by atoms with Gasteiger partial charge in [-0.15, -0.1) is 0 Å². The highest BCUT2D eigenvalue weighted by molar-refractivity contribution is 5.94. The molecule has 2 aromatic rings. The summed E-state index contributed by atoms with van der Waals surface area (Å²) in [6, 6.07) is 7.91. The van der Waals surface area contributed by atoms with Crippen LogP contribution in [0.4, 0.5) is 4.39 Å². The number of carbonyl (C=O) groups is 1. The Labute approximate surface area is 126 Å². The van der Waals surface area contributed by atoms with Crippen LogP contribution >= 0.6 is 0 Å². The Balaban J connectivity index is 1.91. The lowest BCUT2D eigenvalue weighted by molar-refractivity contribution is 0.0726. The van der Waals surface area contributed by atoms with Crippen molar-refractivity contribution in [1.29, 1.82) is 0 Å². The van der Waals surface area contributed by atoms with E-state index in [4.69, 9.17) is 0 Å². The monoisotopic (exact) mass is 301 g/mol. The minimum atomic E-state index is -0.519. The van der Waals surface area contributed by atoms with E-state index in [1.807, 2.05) is 0 Å². The molecule has 3 rings (SSSR count). The summed E-state index contributed by atoms with van der Waals surface area (Å²) in [7, 11) is 0. The molecule has 114 valence electrons. The van der Waals surface area contributed by atoms with Gasteiger partial charge < -0.3 is 4.90 Å². The highest BCUT2D eigenvalue weighted by atomic mass is 19.1. The molecule has 0 spiro atoms. The van der Waals surface area contributed by atoms with Crippen LogP contribution in [0, 0.1) is 12.7 Å². The van der Waals surface area contributed by atoms with E-state index in [2.05, 4.69) is 10.2 Å². The third kappa shape index (κ3) is 2.90. The predicted molar refractivity (Wildman–Crippen MR) is 78.9 cm³/mol. The standard InChI is InChI=1S/C16H16FN3O2/c1-10-8-13(15(21)19-18-10)16(22)20(12-6-7-12)9-11-4-2-3-5-14(11)17/h2-5,8,12H,6-7,9H2,1H3,(H,19,21). The molecule has 1 heterocycles. The van der Waals surface area contributed by atoms with Gasteiger partial charge in [0.1, 0.15) is 11.4 Å². The van der Waals surface area contributed by atoms with Crippen LogP contribution in [0.1, 0.15) is 34.5 Å². The van der Waals surface area contributed by atoms with Gasteiger partial charge in [-0.3, -0.25) is 9.59 Å². The Bertz CT molecular complexity index is 768. The summed E-state index contributed by atoms with van der Waals surface area (Å²) in [6.07, 6.45) is 1.75.